The predicted molar refractivity (Wildman–Crippen MR) is 210 cm³/mol. The Bertz CT molecular complexity index is 2740. The van der Waals surface area contributed by atoms with E-state index in [-0.39, 0.29) is 5.41 Å². The van der Waals surface area contributed by atoms with Gasteiger partial charge in [-0.05, 0) is 70.8 Å². The van der Waals surface area contributed by atoms with Crippen LogP contribution >= 0.6 is 11.3 Å². The molecule has 9 aromatic rings. The van der Waals surface area contributed by atoms with E-state index in [1.54, 1.807) is 0 Å². The summed E-state index contributed by atoms with van der Waals surface area (Å²) >= 11 is 1.88. The highest BCUT2D eigenvalue weighted by atomic mass is 32.1. The van der Waals surface area contributed by atoms with Crippen LogP contribution in [0.25, 0.3) is 64.2 Å². The van der Waals surface area contributed by atoms with Crippen molar-refractivity contribution in [2.75, 3.05) is 4.90 Å². The zero-order valence-electron chi connectivity index (χ0n) is 27.3. The van der Waals surface area contributed by atoms with Gasteiger partial charge in [0, 0.05) is 64.4 Å². The number of nitrogens with zero attached hydrogens (tertiary/aromatic N) is 2. The van der Waals surface area contributed by atoms with Gasteiger partial charge in [-0.3, -0.25) is 0 Å². The maximum Gasteiger partial charge on any atom is 0.0788 e. The van der Waals surface area contributed by atoms with E-state index in [4.69, 9.17) is 4.98 Å². The molecule has 0 atom stereocenters. The first kappa shape index (κ1) is 28.3. The fourth-order valence-corrected chi connectivity index (χ4v) is 9.33. The molecular formula is C46H32N2S. The number of thiophene rings is 1. The van der Waals surface area contributed by atoms with Crippen LogP contribution in [-0.2, 0) is 5.41 Å². The SMILES string of the molecule is CC1(C)c2ccccc2-c2ccc(N(c3ccccc3)c3ccc(-c4nc5ccccc5c5c4ccc4c6ccccc6sc45)cc3)cc21. The summed E-state index contributed by atoms with van der Waals surface area (Å²) in [6, 6.07) is 57.4. The second-order valence-electron chi connectivity index (χ2n) is 13.6. The van der Waals surface area contributed by atoms with Crippen molar-refractivity contribution in [3.05, 3.63) is 169 Å². The number of aromatic nitrogens is 1. The van der Waals surface area contributed by atoms with Crippen LogP contribution in [0.1, 0.15) is 25.0 Å². The number of benzene rings is 7. The predicted octanol–water partition coefficient (Wildman–Crippen LogP) is 13.2. The molecule has 2 aromatic heterocycles. The van der Waals surface area contributed by atoms with Gasteiger partial charge in [-0.2, -0.15) is 0 Å². The maximum absolute atomic E-state index is 5.29. The molecule has 0 unspecified atom stereocenters. The van der Waals surface area contributed by atoms with Gasteiger partial charge in [0.15, 0.2) is 0 Å². The molecule has 0 saturated carbocycles. The Kier molecular flexibility index (Phi) is 6.12. The molecule has 10 rings (SSSR count). The lowest BCUT2D eigenvalue weighted by Gasteiger charge is -2.28. The maximum atomic E-state index is 5.29. The first-order valence-corrected chi connectivity index (χ1v) is 17.7. The third kappa shape index (κ3) is 4.22. The van der Waals surface area contributed by atoms with Gasteiger partial charge in [-0.15, -0.1) is 11.3 Å². The fourth-order valence-electron chi connectivity index (χ4n) is 8.06. The van der Waals surface area contributed by atoms with E-state index in [0.29, 0.717) is 0 Å². The average Bonchev–Trinajstić information content (AvgIpc) is 3.64. The highest BCUT2D eigenvalue weighted by Gasteiger charge is 2.35. The second-order valence-corrected chi connectivity index (χ2v) is 14.6. The Morgan fingerprint density at radius 3 is 2.02 bits per heavy atom. The van der Waals surface area contributed by atoms with Crippen molar-refractivity contribution in [3.63, 3.8) is 0 Å². The highest BCUT2D eigenvalue weighted by molar-refractivity contribution is 7.26. The summed E-state index contributed by atoms with van der Waals surface area (Å²) in [5, 5.41) is 6.30. The van der Waals surface area contributed by atoms with Crippen molar-refractivity contribution in [2.45, 2.75) is 19.3 Å². The number of para-hydroxylation sites is 2. The number of fused-ring (bicyclic) bond motifs is 10. The molecule has 0 spiro atoms. The molecule has 0 amide bonds. The lowest BCUT2D eigenvalue weighted by atomic mass is 9.82. The van der Waals surface area contributed by atoms with E-state index in [1.807, 2.05) is 11.3 Å². The van der Waals surface area contributed by atoms with Crippen molar-refractivity contribution in [3.8, 4) is 22.4 Å². The number of pyridine rings is 1. The summed E-state index contributed by atoms with van der Waals surface area (Å²) in [5.74, 6) is 0. The normalized spacial score (nSPS) is 13.3. The summed E-state index contributed by atoms with van der Waals surface area (Å²) in [4.78, 5) is 7.66. The molecule has 7 aromatic carbocycles. The number of rotatable bonds is 4. The van der Waals surface area contributed by atoms with Gasteiger partial charge in [0.05, 0.1) is 11.2 Å². The van der Waals surface area contributed by atoms with Crippen LogP contribution in [0, 0.1) is 0 Å². The summed E-state index contributed by atoms with van der Waals surface area (Å²) in [7, 11) is 0. The van der Waals surface area contributed by atoms with Crippen LogP contribution < -0.4 is 4.90 Å². The van der Waals surface area contributed by atoms with E-state index in [2.05, 4.69) is 176 Å². The van der Waals surface area contributed by atoms with Gasteiger partial charge in [0.25, 0.3) is 0 Å². The molecule has 3 heteroatoms. The Hall–Kier alpha value is -5.77. The quantitative estimate of drug-likeness (QED) is 0.177. The molecule has 0 bridgehead atoms. The molecule has 232 valence electrons. The Balaban J connectivity index is 1.13. The molecule has 2 nitrogen and oxygen atoms in total. The molecule has 0 saturated heterocycles. The first-order valence-electron chi connectivity index (χ1n) is 16.9. The molecule has 1 aliphatic rings. The fraction of sp³-hybridized carbons (Fsp3) is 0.0652. The monoisotopic (exact) mass is 644 g/mol. The van der Waals surface area contributed by atoms with Gasteiger partial charge < -0.3 is 4.90 Å². The molecule has 2 heterocycles. The standard InChI is InChI=1S/C46H32N2S/c1-46(2)39-17-9-6-14-33(39)34-25-24-32(28-40(34)46)48(30-12-4-3-5-13-30)31-22-20-29(21-23-31)44-38-27-26-36-35-15-8-11-19-42(35)49-45(36)43(38)37-16-7-10-18-41(37)47-44/h3-28H,1-2H3. The van der Waals surface area contributed by atoms with Gasteiger partial charge in [-0.1, -0.05) is 123 Å². The average molecular weight is 645 g/mol. The number of hydrogen-bond donors (Lipinski definition) is 0. The van der Waals surface area contributed by atoms with E-state index in [0.717, 1.165) is 33.8 Å². The molecule has 1 aliphatic carbocycles. The first-order chi connectivity index (χ1) is 24.1. The molecule has 0 radical (unpaired) electrons. The minimum atomic E-state index is -0.0726. The third-order valence-electron chi connectivity index (χ3n) is 10.4. The summed E-state index contributed by atoms with van der Waals surface area (Å²) in [6.07, 6.45) is 0. The molecule has 0 aliphatic heterocycles. The van der Waals surface area contributed by atoms with Crippen molar-refractivity contribution >= 4 is 70.2 Å². The second kappa shape index (κ2) is 10.6. The lowest BCUT2D eigenvalue weighted by molar-refractivity contribution is 0.660. The zero-order chi connectivity index (χ0) is 32.7. The van der Waals surface area contributed by atoms with Crippen LogP contribution in [0.15, 0.2) is 158 Å². The van der Waals surface area contributed by atoms with Crippen molar-refractivity contribution in [1.29, 1.82) is 0 Å². The largest absolute Gasteiger partial charge is 0.310 e. The molecule has 0 N–H and O–H groups in total. The van der Waals surface area contributed by atoms with Crippen LogP contribution in [0.5, 0.6) is 0 Å². The van der Waals surface area contributed by atoms with Crippen LogP contribution in [-0.4, -0.2) is 4.98 Å². The van der Waals surface area contributed by atoms with Crippen molar-refractivity contribution < 1.29 is 0 Å². The van der Waals surface area contributed by atoms with E-state index >= 15 is 0 Å². The van der Waals surface area contributed by atoms with Crippen LogP contribution in [0.3, 0.4) is 0 Å². The Morgan fingerprint density at radius 2 is 1.16 bits per heavy atom. The van der Waals surface area contributed by atoms with Crippen molar-refractivity contribution in [2.24, 2.45) is 0 Å². The van der Waals surface area contributed by atoms with E-state index in [1.165, 1.54) is 58.6 Å². The third-order valence-corrected chi connectivity index (χ3v) is 11.7. The van der Waals surface area contributed by atoms with Gasteiger partial charge in [-0.25, -0.2) is 4.98 Å². The summed E-state index contributed by atoms with van der Waals surface area (Å²) in [6.45, 7) is 4.69. The van der Waals surface area contributed by atoms with Crippen LogP contribution in [0.2, 0.25) is 0 Å². The van der Waals surface area contributed by atoms with E-state index in [9.17, 15) is 0 Å². The highest BCUT2D eigenvalue weighted by Crippen LogP contribution is 2.51. The molecule has 49 heavy (non-hydrogen) atoms. The van der Waals surface area contributed by atoms with Gasteiger partial charge in [0.1, 0.15) is 0 Å². The smallest absolute Gasteiger partial charge is 0.0788 e. The lowest BCUT2D eigenvalue weighted by Crippen LogP contribution is -2.16. The summed E-state index contributed by atoms with van der Waals surface area (Å²) in [5.41, 5.74) is 11.9. The Morgan fingerprint density at radius 1 is 0.510 bits per heavy atom. The van der Waals surface area contributed by atoms with Gasteiger partial charge in [0.2, 0.25) is 0 Å². The van der Waals surface area contributed by atoms with Crippen molar-refractivity contribution in [1.82, 2.24) is 4.98 Å². The minimum Gasteiger partial charge on any atom is -0.310 e. The Labute approximate surface area is 289 Å². The van der Waals surface area contributed by atoms with Gasteiger partial charge >= 0.3 is 0 Å². The van der Waals surface area contributed by atoms with E-state index < -0.39 is 0 Å². The summed E-state index contributed by atoms with van der Waals surface area (Å²) < 4.78 is 2.64. The molecule has 0 fully saturated rings. The zero-order valence-corrected chi connectivity index (χ0v) is 28.1. The topological polar surface area (TPSA) is 16.1 Å². The minimum absolute atomic E-state index is 0.0726. The number of hydrogen-bond acceptors (Lipinski definition) is 3. The number of anilines is 3. The van der Waals surface area contributed by atoms with Crippen LogP contribution in [0.4, 0.5) is 17.1 Å². The molecular weight excluding hydrogens is 613 g/mol.